The number of hydrogen-bond donors (Lipinski definition) is 1. The van der Waals surface area contributed by atoms with Crippen LogP contribution in [0.2, 0.25) is 0 Å². The molecule has 0 aromatic carbocycles. The van der Waals surface area contributed by atoms with Gasteiger partial charge in [-0.2, -0.15) is 5.10 Å². The van der Waals surface area contributed by atoms with Crippen molar-refractivity contribution in [2.24, 2.45) is 5.92 Å². The van der Waals surface area contributed by atoms with Gasteiger partial charge in [-0.1, -0.05) is 6.07 Å². The molecule has 4 rings (SSSR count). The number of rotatable bonds is 6. The topological polar surface area (TPSA) is 46.0 Å². The van der Waals surface area contributed by atoms with E-state index in [1.807, 2.05) is 29.1 Å². The predicted octanol–water partition coefficient (Wildman–Crippen LogP) is 3.27. The van der Waals surface area contributed by atoms with Gasteiger partial charge in [0.15, 0.2) is 5.82 Å². The highest BCUT2D eigenvalue weighted by molar-refractivity contribution is 5.85. The number of aromatic nitrogens is 3. The van der Waals surface area contributed by atoms with E-state index in [0.29, 0.717) is 0 Å². The summed E-state index contributed by atoms with van der Waals surface area (Å²) in [4.78, 5) is 7.02. The molecule has 2 aromatic heterocycles. The Morgan fingerprint density at radius 1 is 1.12 bits per heavy atom. The minimum Gasteiger partial charge on any atom is -0.314 e. The van der Waals surface area contributed by atoms with Crippen LogP contribution < -0.4 is 5.32 Å². The van der Waals surface area contributed by atoms with Gasteiger partial charge in [-0.05, 0) is 77.2 Å². The first-order valence-electron chi connectivity index (χ1n) is 9.63. The highest BCUT2D eigenvalue weighted by Crippen LogP contribution is 2.28. The Balaban J connectivity index is 0.00000196. The summed E-state index contributed by atoms with van der Waals surface area (Å²) in [5.74, 6) is 1.87. The Bertz CT molecular complexity index is 702. The lowest BCUT2D eigenvalue weighted by molar-refractivity contribution is 0.189. The van der Waals surface area contributed by atoms with Crippen LogP contribution in [0.1, 0.15) is 42.6 Å². The average molecular weight is 376 g/mol. The Hall–Kier alpha value is -1.43. The molecule has 2 fully saturated rings. The Labute approximate surface area is 162 Å². The molecule has 26 heavy (non-hydrogen) atoms. The monoisotopic (exact) mass is 375 g/mol. The number of likely N-dealkylation sites (tertiary alicyclic amines) is 1. The van der Waals surface area contributed by atoms with Crippen LogP contribution in [0.4, 0.5) is 0 Å². The molecule has 0 amide bonds. The Kier molecular flexibility index (Phi) is 6.33. The maximum Gasteiger partial charge on any atom is 0.153 e. The fourth-order valence-corrected chi connectivity index (χ4v) is 3.78. The fraction of sp³-hybridized carbons (Fsp3) is 0.600. The van der Waals surface area contributed by atoms with Crippen LogP contribution in [0, 0.1) is 19.8 Å². The van der Waals surface area contributed by atoms with Crippen molar-refractivity contribution >= 4 is 12.4 Å². The molecule has 1 N–H and O–H groups in total. The van der Waals surface area contributed by atoms with Gasteiger partial charge in [0.1, 0.15) is 0 Å². The first-order valence-corrected chi connectivity index (χ1v) is 9.63. The van der Waals surface area contributed by atoms with Crippen LogP contribution in [0.25, 0.3) is 5.82 Å². The van der Waals surface area contributed by atoms with Crippen molar-refractivity contribution in [3.63, 3.8) is 0 Å². The number of hydrogen-bond acceptors (Lipinski definition) is 4. The van der Waals surface area contributed by atoms with Crippen LogP contribution in [0.5, 0.6) is 0 Å². The number of piperidine rings is 1. The second-order valence-corrected chi connectivity index (χ2v) is 7.65. The van der Waals surface area contributed by atoms with E-state index in [4.69, 9.17) is 5.10 Å². The smallest absolute Gasteiger partial charge is 0.153 e. The lowest BCUT2D eigenvalue weighted by atomic mass is 10.0. The zero-order valence-electron chi connectivity index (χ0n) is 15.8. The molecule has 1 saturated heterocycles. The molecule has 6 heteroatoms. The van der Waals surface area contributed by atoms with Crippen LogP contribution >= 0.6 is 12.4 Å². The number of halogens is 1. The van der Waals surface area contributed by atoms with Crippen molar-refractivity contribution in [2.45, 2.75) is 52.1 Å². The van der Waals surface area contributed by atoms with Crippen LogP contribution in [-0.2, 0) is 6.54 Å². The van der Waals surface area contributed by atoms with Gasteiger partial charge in [-0.3, -0.25) is 4.90 Å². The highest BCUT2D eigenvalue weighted by atomic mass is 35.5. The molecule has 1 aliphatic carbocycles. The van der Waals surface area contributed by atoms with E-state index in [9.17, 15) is 0 Å². The van der Waals surface area contributed by atoms with Gasteiger partial charge in [-0.15, -0.1) is 12.4 Å². The summed E-state index contributed by atoms with van der Waals surface area (Å²) in [6.45, 7) is 8.87. The molecule has 2 aromatic rings. The normalized spacial score (nSPS) is 18.7. The number of nitrogens with zero attached hydrogens (tertiary/aromatic N) is 4. The summed E-state index contributed by atoms with van der Waals surface area (Å²) in [5, 5.41) is 8.50. The first kappa shape index (κ1) is 19.3. The van der Waals surface area contributed by atoms with Gasteiger partial charge in [-0.25, -0.2) is 9.67 Å². The quantitative estimate of drug-likeness (QED) is 0.841. The van der Waals surface area contributed by atoms with Crippen LogP contribution in [-0.4, -0.2) is 45.3 Å². The fourth-order valence-electron chi connectivity index (χ4n) is 3.78. The average Bonchev–Trinajstić information content (AvgIpc) is 3.43. The lowest BCUT2D eigenvalue weighted by Crippen LogP contribution is -2.42. The third-order valence-corrected chi connectivity index (χ3v) is 5.67. The second kappa shape index (κ2) is 8.51. The maximum atomic E-state index is 4.73. The second-order valence-electron chi connectivity index (χ2n) is 7.65. The van der Waals surface area contributed by atoms with Crippen molar-refractivity contribution in [1.82, 2.24) is 25.0 Å². The van der Waals surface area contributed by atoms with Crippen LogP contribution in [0.15, 0.2) is 24.4 Å². The number of pyridine rings is 1. The summed E-state index contributed by atoms with van der Waals surface area (Å²) in [7, 11) is 0. The van der Waals surface area contributed by atoms with Crippen LogP contribution in [0.3, 0.4) is 0 Å². The lowest BCUT2D eigenvalue weighted by Gasteiger charge is -2.32. The van der Waals surface area contributed by atoms with Crippen molar-refractivity contribution in [2.75, 3.05) is 19.6 Å². The Morgan fingerprint density at radius 2 is 1.88 bits per heavy atom. The molecular formula is C20H30ClN5. The molecule has 1 saturated carbocycles. The van der Waals surface area contributed by atoms with Gasteiger partial charge in [0.05, 0.1) is 5.69 Å². The van der Waals surface area contributed by atoms with Gasteiger partial charge >= 0.3 is 0 Å². The summed E-state index contributed by atoms with van der Waals surface area (Å²) < 4.78 is 1.98. The van der Waals surface area contributed by atoms with E-state index in [1.165, 1.54) is 56.6 Å². The zero-order valence-corrected chi connectivity index (χ0v) is 16.6. The third kappa shape index (κ3) is 4.45. The minimum atomic E-state index is 0. The molecule has 2 aliphatic rings. The van der Waals surface area contributed by atoms with E-state index < -0.39 is 0 Å². The summed E-state index contributed by atoms with van der Waals surface area (Å²) in [6.07, 6.45) is 7.22. The largest absolute Gasteiger partial charge is 0.314 e. The van der Waals surface area contributed by atoms with E-state index in [-0.39, 0.29) is 12.4 Å². The molecule has 0 spiro atoms. The summed E-state index contributed by atoms with van der Waals surface area (Å²) in [6, 6.07) is 6.69. The molecule has 0 atom stereocenters. The zero-order chi connectivity index (χ0) is 17.2. The van der Waals surface area contributed by atoms with E-state index in [2.05, 4.69) is 29.0 Å². The van der Waals surface area contributed by atoms with E-state index in [1.54, 1.807) is 0 Å². The first-order chi connectivity index (χ1) is 12.2. The SMILES string of the molecule is Cc1nn(-c2ccccn2)c(C)c1CN1CCC(NCC2CC2)CC1.Cl. The Morgan fingerprint density at radius 3 is 2.54 bits per heavy atom. The number of nitrogens with one attached hydrogen (secondary N) is 1. The van der Waals surface area contributed by atoms with Crippen molar-refractivity contribution in [1.29, 1.82) is 0 Å². The molecule has 0 bridgehead atoms. The van der Waals surface area contributed by atoms with Gasteiger partial charge in [0.25, 0.3) is 0 Å². The van der Waals surface area contributed by atoms with Crippen molar-refractivity contribution < 1.29 is 0 Å². The predicted molar refractivity (Wildman–Crippen MR) is 107 cm³/mol. The number of aryl methyl sites for hydroxylation is 1. The van der Waals surface area contributed by atoms with Gasteiger partial charge in [0.2, 0.25) is 0 Å². The molecule has 0 radical (unpaired) electrons. The van der Waals surface area contributed by atoms with Crippen molar-refractivity contribution in [3.8, 4) is 5.82 Å². The van der Waals surface area contributed by atoms with Gasteiger partial charge < -0.3 is 5.32 Å². The molecule has 0 unspecified atom stereocenters. The molecule has 5 nitrogen and oxygen atoms in total. The minimum absolute atomic E-state index is 0. The molecule has 3 heterocycles. The highest BCUT2D eigenvalue weighted by Gasteiger charge is 2.25. The van der Waals surface area contributed by atoms with E-state index >= 15 is 0 Å². The molecule has 1 aliphatic heterocycles. The standard InChI is InChI=1S/C20H29N5.ClH/c1-15-19(16(2)25(23-15)20-5-3-4-10-21-20)14-24-11-8-18(9-12-24)22-13-17-6-7-17;/h3-5,10,17-18,22H,6-9,11-14H2,1-2H3;1H. The molecule has 142 valence electrons. The van der Waals surface area contributed by atoms with Crippen molar-refractivity contribution in [3.05, 3.63) is 41.3 Å². The molecular weight excluding hydrogens is 346 g/mol. The summed E-state index contributed by atoms with van der Waals surface area (Å²) in [5.41, 5.74) is 3.69. The van der Waals surface area contributed by atoms with Gasteiger partial charge in [0, 0.05) is 30.0 Å². The summed E-state index contributed by atoms with van der Waals surface area (Å²) >= 11 is 0. The maximum absolute atomic E-state index is 4.73. The van der Waals surface area contributed by atoms with E-state index in [0.717, 1.165) is 30.0 Å². The third-order valence-electron chi connectivity index (χ3n) is 5.67.